The van der Waals surface area contributed by atoms with E-state index in [2.05, 4.69) is 0 Å². The summed E-state index contributed by atoms with van der Waals surface area (Å²) in [5, 5.41) is 9.80. The largest absolute Gasteiger partial charge is 0.508 e. The van der Waals surface area contributed by atoms with Gasteiger partial charge in [-0.3, -0.25) is 0 Å². The minimum Gasteiger partial charge on any atom is -0.508 e. The highest BCUT2D eigenvalue weighted by molar-refractivity contribution is 5.50. The average molecular weight is 228 g/mol. The molecule has 3 heteroatoms. The van der Waals surface area contributed by atoms with E-state index in [-0.39, 0.29) is 11.8 Å². The van der Waals surface area contributed by atoms with Crippen LogP contribution in [0.4, 0.5) is 5.69 Å². The third-order valence-corrected chi connectivity index (χ3v) is 2.79. The van der Waals surface area contributed by atoms with Crippen molar-refractivity contribution < 1.29 is 5.11 Å². The second kappa shape index (κ2) is 4.47. The molecular formula is C14H16N2O. The number of nitrogens with two attached hydrogens (primary N) is 2. The molecule has 0 saturated carbocycles. The lowest BCUT2D eigenvalue weighted by atomic mass is 9.97. The summed E-state index contributed by atoms with van der Waals surface area (Å²) in [6, 6.07) is 12.5. The third kappa shape index (κ3) is 2.40. The zero-order valence-electron chi connectivity index (χ0n) is 9.72. The van der Waals surface area contributed by atoms with Crippen LogP contribution in [0.3, 0.4) is 0 Å². The van der Waals surface area contributed by atoms with E-state index in [1.165, 1.54) is 0 Å². The van der Waals surface area contributed by atoms with Crippen molar-refractivity contribution in [3.05, 3.63) is 59.2 Å². The van der Waals surface area contributed by atoms with Crippen molar-refractivity contribution >= 4 is 5.69 Å². The van der Waals surface area contributed by atoms with E-state index in [0.29, 0.717) is 11.3 Å². The first-order valence-electron chi connectivity index (χ1n) is 5.48. The summed E-state index contributed by atoms with van der Waals surface area (Å²) in [5.74, 6) is 0.174. The Morgan fingerprint density at radius 3 is 2.59 bits per heavy atom. The molecule has 0 saturated heterocycles. The third-order valence-electron chi connectivity index (χ3n) is 2.79. The molecule has 88 valence electrons. The van der Waals surface area contributed by atoms with E-state index >= 15 is 0 Å². The Bertz CT molecular complexity index is 537. The minimum atomic E-state index is -0.363. The second-order valence-corrected chi connectivity index (χ2v) is 4.21. The Morgan fingerprint density at radius 1 is 1.12 bits per heavy atom. The van der Waals surface area contributed by atoms with Crippen LogP contribution < -0.4 is 11.5 Å². The molecule has 0 spiro atoms. The molecule has 1 unspecified atom stereocenters. The van der Waals surface area contributed by atoms with Gasteiger partial charge in [-0.2, -0.15) is 0 Å². The Labute approximate surface area is 101 Å². The molecule has 0 aliphatic carbocycles. The summed E-state index contributed by atoms with van der Waals surface area (Å²) in [6.07, 6.45) is 0. The summed E-state index contributed by atoms with van der Waals surface area (Å²) >= 11 is 0. The number of rotatable bonds is 2. The lowest BCUT2D eigenvalue weighted by Gasteiger charge is -2.15. The molecule has 0 radical (unpaired) electrons. The zero-order valence-corrected chi connectivity index (χ0v) is 9.72. The van der Waals surface area contributed by atoms with Crippen molar-refractivity contribution in [3.63, 3.8) is 0 Å². The maximum Gasteiger partial charge on any atom is 0.120 e. The van der Waals surface area contributed by atoms with E-state index in [1.54, 1.807) is 18.2 Å². The first-order valence-corrected chi connectivity index (χ1v) is 5.48. The summed E-state index contributed by atoms with van der Waals surface area (Å²) in [5.41, 5.74) is 15.2. The van der Waals surface area contributed by atoms with E-state index in [1.807, 2.05) is 31.2 Å². The molecule has 3 nitrogen and oxygen atoms in total. The molecule has 2 aromatic carbocycles. The number of nitrogen functional groups attached to an aromatic ring is 1. The molecule has 0 fully saturated rings. The average Bonchev–Trinajstić information content (AvgIpc) is 2.31. The first-order chi connectivity index (χ1) is 8.08. The number of phenols is 1. The van der Waals surface area contributed by atoms with Crippen molar-refractivity contribution in [1.29, 1.82) is 0 Å². The van der Waals surface area contributed by atoms with Crippen molar-refractivity contribution in [2.45, 2.75) is 13.0 Å². The number of aromatic hydroxyl groups is 1. The smallest absolute Gasteiger partial charge is 0.120 e. The molecule has 2 rings (SSSR count). The fourth-order valence-electron chi connectivity index (χ4n) is 1.87. The van der Waals surface area contributed by atoms with Gasteiger partial charge >= 0.3 is 0 Å². The van der Waals surface area contributed by atoms with Crippen LogP contribution in [0.15, 0.2) is 42.5 Å². The Balaban J connectivity index is 2.43. The van der Waals surface area contributed by atoms with Gasteiger partial charge in [0.05, 0.1) is 6.04 Å². The Morgan fingerprint density at radius 2 is 1.88 bits per heavy atom. The summed E-state index contributed by atoms with van der Waals surface area (Å²) in [4.78, 5) is 0. The lowest BCUT2D eigenvalue weighted by Crippen LogP contribution is -2.12. The van der Waals surface area contributed by atoms with Crippen LogP contribution in [0.2, 0.25) is 0 Å². The van der Waals surface area contributed by atoms with E-state index < -0.39 is 0 Å². The molecule has 1 atom stereocenters. The van der Waals surface area contributed by atoms with Gasteiger partial charge in [-0.05, 0) is 30.7 Å². The van der Waals surface area contributed by atoms with Gasteiger partial charge in [0.25, 0.3) is 0 Å². The van der Waals surface area contributed by atoms with Crippen molar-refractivity contribution in [2.75, 3.05) is 5.73 Å². The summed E-state index contributed by atoms with van der Waals surface area (Å²) < 4.78 is 0. The molecule has 0 amide bonds. The molecule has 5 N–H and O–H groups in total. The van der Waals surface area contributed by atoms with Gasteiger partial charge in [0.2, 0.25) is 0 Å². The number of anilines is 1. The molecule has 17 heavy (non-hydrogen) atoms. The quantitative estimate of drug-likeness (QED) is 0.545. The lowest BCUT2D eigenvalue weighted by molar-refractivity contribution is 0.465. The topological polar surface area (TPSA) is 72.3 Å². The Kier molecular flexibility index (Phi) is 3.02. The standard InChI is InChI=1S/C14H16N2O/c1-9-3-2-4-10(7-9)14(16)12-8-11(15)5-6-13(12)17/h2-8,14,17H,15-16H2,1H3. The van der Waals surface area contributed by atoms with Crippen molar-refractivity contribution in [3.8, 4) is 5.75 Å². The van der Waals surface area contributed by atoms with E-state index in [4.69, 9.17) is 11.5 Å². The van der Waals surface area contributed by atoms with Gasteiger partial charge in [-0.25, -0.2) is 0 Å². The second-order valence-electron chi connectivity index (χ2n) is 4.21. The van der Waals surface area contributed by atoms with Crippen LogP contribution in [-0.4, -0.2) is 5.11 Å². The van der Waals surface area contributed by atoms with Crippen LogP contribution in [-0.2, 0) is 0 Å². The van der Waals surface area contributed by atoms with Crippen molar-refractivity contribution in [1.82, 2.24) is 0 Å². The van der Waals surface area contributed by atoms with Crippen LogP contribution >= 0.6 is 0 Å². The zero-order chi connectivity index (χ0) is 12.4. The SMILES string of the molecule is Cc1cccc(C(N)c2cc(N)ccc2O)c1. The fourth-order valence-corrected chi connectivity index (χ4v) is 1.87. The van der Waals surface area contributed by atoms with Gasteiger partial charge in [-0.1, -0.05) is 29.8 Å². The molecule has 2 aromatic rings. The van der Waals surface area contributed by atoms with E-state index in [0.717, 1.165) is 11.1 Å². The monoisotopic (exact) mass is 228 g/mol. The molecular weight excluding hydrogens is 212 g/mol. The maximum atomic E-state index is 9.80. The highest BCUT2D eigenvalue weighted by Gasteiger charge is 2.13. The highest BCUT2D eigenvalue weighted by Crippen LogP contribution is 2.29. The minimum absolute atomic E-state index is 0.174. The van der Waals surface area contributed by atoms with Crippen molar-refractivity contribution in [2.24, 2.45) is 5.73 Å². The number of phenolic OH excluding ortho intramolecular Hbond substituents is 1. The van der Waals surface area contributed by atoms with Crippen LogP contribution in [0.25, 0.3) is 0 Å². The predicted molar refractivity (Wildman–Crippen MR) is 69.7 cm³/mol. The number of hydrogen-bond acceptors (Lipinski definition) is 3. The molecule has 0 aliphatic heterocycles. The molecule has 0 heterocycles. The molecule has 0 aromatic heterocycles. The Hall–Kier alpha value is -2.00. The maximum absolute atomic E-state index is 9.80. The number of hydrogen-bond donors (Lipinski definition) is 3. The van der Waals surface area contributed by atoms with Gasteiger partial charge in [0.15, 0.2) is 0 Å². The summed E-state index contributed by atoms with van der Waals surface area (Å²) in [7, 11) is 0. The fraction of sp³-hybridized carbons (Fsp3) is 0.143. The van der Waals surface area contributed by atoms with Gasteiger partial charge < -0.3 is 16.6 Å². The van der Waals surface area contributed by atoms with Gasteiger partial charge in [0.1, 0.15) is 5.75 Å². The van der Waals surface area contributed by atoms with Crippen LogP contribution in [0.5, 0.6) is 5.75 Å². The number of benzene rings is 2. The first kappa shape index (κ1) is 11.5. The van der Waals surface area contributed by atoms with Gasteiger partial charge in [0, 0.05) is 11.3 Å². The normalized spacial score (nSPS) is 12.4. The predicted octanol–water partition coefficient (Wildman–Crippen LogP) is 2.33. The highest BCUT2D eigenvalue weighted by atomic mass is 16.3. The molecule has 0 aliphatic rings. The number of aryl methyl sites for hydroxylation is 1. The van der Waals surface area contributed by atoms with Gasteiger partial charge in [-0.15, -0.1) is 0 Å². The van der Waals surface area contributed by atoms with Crippen LogP contribution in [0, 0.1) is 6.92 Å². The molecule has 0 bridgehead atoms. The summed E-state index contributed by atoms with van der Waals surface area (Å²) in [6.45, 7) is 2.01. The van der Waals surface area contributed by atoms with Crippen LogP contribution in [0.1, 0.15) is 22.7 Å². The van der Waals surface area contributed by atoms with E-state index in [9.17, 15) is 5.11 Å².